The lowest BCUT2D eigenvalue weighted by Gasteiger charge is -2.10. The zero-order chi connectivity index (χ0) is 11.5. The van der Waals surface area contributed by atoms with E-state index in [0.29, 0.717) is 0 Å². The van der Waals surface area contributed by atoms with Crippen molar-refractivity contribution in [2.45, 2.75) is 6.92 Å². The van der Waals surface area contributed by atoms with E-state index in [0.717, 1.165) is 21.5 Å². The van der Waals surface area contributed by atoms with E-state index in [-0.39, 0.29) is 0 Å². The highest BCUT2D eigenvalue weighted by molar-refractivity contribution is 14.1. The Balaban J connectivity index is 2.31. The standard InChI is InChI=1S/C12H10BrIN2/c1-8-6-9(13)7-15-12(8)16-11-5-3-2-4-10(11)14/h2-7H,1H3,(H,15,16). The van der Waals surface area contributed by atoms with Crippen LogP contribution in [0.5, 0.6) is 0 Å². The van der Waals surface area contributed by atoms with Crippen molar-refractivity contribution in [2.75, 3.05) is 5.32 Å². The lowest BCUT2D eigenvalue weighted by Crippen LogP contribution is -1.97. The Morgan fingerprint density at radius 2 is 2.06 bits per heavy atom. The van der Waals surface area contributed by atoms with Crippen LogP contribution in [0.4, 0.5) is 11.5 Å². The van der Waals surface area contributed by atoms with Crippen LogP contribution in [0.25, 0.3) is 0 Å². The van der Waals surface area contributed by atoms with Gasteiger partial charge in [-0.15, -0.1) is 0 Å². The average molecular weight is 389 g/mol. The van der Waals surface area contributed by atoms with E-state index >= 15 is 0 Å². The fraction of sp³-hybridized carbons (Fsp3) is 0.0833. The summed E-state index contributed by atoms with van der Waals surface area (Å²) in [6, 6.07) is 10.2. The Bertz CT molecular complexity index is 514. The van der Waals surface area contributed by atoms with E-state index < -0.39 is 0 Å². The molecule has 0 bridgehead atoms. The van der Waals surface area contributed by atoms with Crippen LogP contribution in [0.1, 0.15) is 5.56 Å². The molecular formula is C12H10BrIN2. The molecule has 0 saturated heterocycles. The van der Waals surface area contributed by atoms with Crippen molar-refractivity contribution in [3.05, 3.63) is 50.1 Å². The van der Waals surface area contributed by atoms with Crippen LogP contribution >= 0.6 is 38.5 Å². The summed E-state index contributed by atoms with van der Waals surface area (Å²) in [7, 11) is 0. The van der Waals surface area contributed by atoms with E-state index in [2.05, 4.69) is 54.9 Å². The summed E-state index contributed by atoms with van der Waals surface area (Å²) in [6.07, 6.45) is 1.80. The van der Waals surface area contributed by atoms with Crippen LogP contribution in [0, 0.1) is 10.5 Å². The molecule has 0 fully saturated rings. The maximum absolute atomic E-state index is 4.35. The fourth-order valence-electron chi connectivity index (χ4n) is 1.36. The highest BCUT2D eigenvalue weighted by Gasteiger charge is 2.03. The quantitative estimate of drug-likeness (QED) is 0.766. The predicted molar refractivity (Wildman–Crippen MR) is 79.1 cm³/mol. The number of para-hydroxylation sites is 1. The molecule has 1 N–H and O–H groups in total. The summed E-state index contributed by atoms with van der Waals surface area (Å²) in [5.74, 6) is 0.896. The minimum atomic E-state index is 0.896. The van der Waals surface area contributed by atoms with Gasteiger partial charge >= 0.3 is 0 Å². The summed E-state index contributed by atoms with van der Waals surface area (Å²) in [5, 5.41) is 3.33. The number of aryl methyl sites for hydroxylation is 1. The Labute approximate surface area is 117 Å². The van der Waals surface area contributed by atoms with Gasteiger partial charge in [0, 0.05) is 14.2 Å². The maximum Gasteiger partial charge on any atom is 0.133 e. The molecule has 2 nitrogen and oxygen atoms in total. The minimum Gasteiger partial charge on any atom is -0.339 e. The zero-order valence-corrected chi connectivity index (χ0v) is 12.4. The molecule has 16 heavy (non-hydrogen) atoms. The number of nitrogens with one attached hydrogen (secondary N) is 1. The number of anilines is 2. The molecule has 0 spiro atoms. The third-order valence-electron chi connectivity index (χ3n) is 2.17. The third-order valence-corrected chi connectivity index (χ3v) is 3.55. The highest BCUT2D eigenvalue weighted by atomic mass is 127. The van der Waals surface area contributed by atoms with Crippen molar-refractivity contribution in [3.8, 4) is 0 Å². The highest BCUT2D eigenvalue weighted by Crippen LogP contribution is 2.24. The molecule has 0 amide bonds. The third kappa shape index (κ3) is 2.74. The van der Waals surface area contributed by atoms with Gasteiger partial charge in [0.05, 0.1) is 5.69 Å². The molecule has 0 atom stereocenters. The van der Waals surface area contributed by atoms with Gasteiger partial charge in [0.2, 0.25) is 0 Å². The zero-order valence-electron chi connectivity index (χ0n) is 8.67. The van der Waals surface area contributed by atoms with Gasteiger partial charge in [0.25, 0.3) is 0 Å². The van der Waals surface area contributed by atoms with Crippen LogP contribution in [-0.2, 0) is 0 Å². The van der Waals surface area contributed by atoms with Crippen molar-refractivity contribution < 1.29 is 0 Å². The normalized spacial score (nSPS) is 10.2. The van der Waals surface area contributed by atoms with Crippen molar-refractivity contribution in [2.24, 2.45) is 0 Å². The first-order valence-corrected chi connectivity index (χ1v) is 6.67. The SMILES string of the molecule is Cc1cc(Br)cnc1Nc1ccccc1I. The van der Waals surface area contributed by atoms with Crippen LogP contribution in [0.3, 0.4) is 0 Å². The van der Waals surface area contributed by atoms with E-state index in [4.69, 9.17) is 0 Å². The smallest absolute Gasteiger partial charge is 0.133 e. The molecular weight excluding hydrogens is 379 g/mol. The summed E-state index contributed by atoms with van der Waals surface area (Å²) < 4.78 is 2.18. The Morgan fingerprint density at radius 1 is 1.31 bits per heavy atom. The van der Waals surface area contributed by atoms with Gasteiger partial charge in [-0.3, -0.25) is 0 Å². The number of aromatic nitrogens is 1. The molecule has 0 radical (unpaired) electrons. The second-order valence-corrected chi connectivity index (χ2v) is 5.50. The van der Waals surface area contributed by atoms with Gasteiger partial charge in [0.15, 0.2) is 0 Å². The van der Waals surface area contributed by atoms with Crippen LogP contribution in [0.2, 0.25) is 0 Å². The summed E-state index contributed by atoms with van der Waals surface area (Å²) in [6.45, 7) is 2.04. The first kappa shape index (κ1) is 11.9. The molecule has 1 aromatic heterocycles. The summed E-state index contributed by atoms with van der Waals surface area (Å²) in [5.41, 5.74) is 2.20. The first-order valence-electron chi connectivity index (χ1n) is 4.80. The van der Waals surface area contributed by atoms with Gasteiger partial charge < -0.3 is 5.32 Å². The first-order chi connectivity index (χ1) is 7.66. The fourth-order valence-corrected chi connectivity index (χ4v) is 2.33. The predicted octanol–water partition coefficient (Wildman–Crippen LogP) is 4.50. The number of hydrogen-bond donors (Lipinski definition) is 1. The molecule has 1 heterocycles. The number of rotatable bonds is 2. The molecule has 2 aromatic rings. The Morgan fingerprint density at radius 3 is 2.75 bits per heavy atom. The minimum absolute atomic E-state index is 0.896. The molecule has 0 aliphatic heterocycles. The number of hydrogen-bond acceptors (Lipinski definition) is 2. The van der Waals surface area contributed by atoms with Gasteiger partial charge in [-0.2, -0.15) is 0 Å². The number of benzene rings is 1. The molecule has 4 heteroatoms. The van der Waals surface area contributed by atoms with Crippen LogP contribution < -0.4 is 5.32 Å². The van der Waals surface area contributed by atoms with E-state index in [1.807, 2.05) is 31.2 Å². The lowest BCUT2D eigenvalue weighted by atomic mass is 10.2. The van der Waals surface area contributed by atoms with Crippen molar-refractivity contribution in [1.82, 2.24) is 4.98 Å². The largest absolute Gasteiger partial charge is 0.339 e. The summed E-state index contributed by atoms with van der Waals surface area (Å²) >= 11 is 5.71. The van der Waals surface area contributed by atoms with Gasteiger partial charge in [-0.25, -0.2) is 4.98 Å². The molecule has 2 rings (SSSR count). The van der Waals surface area contributed by atoms with E-state index in [1.165, 1.54) is 3.57 Å². The lowest BCUT2D eigenvalue weighted by molar-refractivity contribution is 1.24. The number of nitrogens with zero attached hydrogens (tertiary/aromatic N) is 1. The molecule has 0 unspecified atom stereocenters. The van der Waals surface area contributed by atoms with Gasteiger partial charge in [-0.05, 0) is 69.2 Å². The van der Waals surface area contributed by atoms with E-state index in [9.17, 15) is 0 Å². The van der Waals surface area contributed by atoms with Crippen molar-refractivity contribution in [3.63, 3.8) is 0 Å². The second kappa shape index (κ2) is 5.14. The Kier molecular flexibility index (Phi) is 3.81. The Hall–Kier alpha value is -0.620. The molecule has 0 aliphatic rings. The average Bonchev–Trinajstić information content (AvgIpc) is 2.25. The second-order valence-electron chi connectivity index (χ2n) is 3.42. The number of pyridine rings is 1. The van der Waals surface area contributed by atoms with Crippen LogP contribution in [0.15, 0.2) is 41.0 Å². The number of halogens is 2. The van der Waals surface area contributed by atoms with E-state index in [1.54, 1.807) is 6.20 Å². The molecule has 82 valence electrons. The summed E-state index contributed by atoms with van der Waals surface area (Å²) in [4.78, 5) is 4.35. The molecule has 0 aliphatic carbocycles. The maximum atomic E-state index is 4.35. The monoisotopic (exact) mass is 388 g/mol. The molecule has 0 saturated carbocycles. The van der Waals surface area contributed by atoms with Gasteiger partial charge in [-0.1, -0.05) is 12.1 Å². The topological polar surface area (TPSA) is 24.9 Å². The van der Waals surface area contributed by atoms with Gasteiger partial charge in [0.1, 0.15) is 5.82 Å². The van der Waals surface area contributed by atoms with Crippen molar-refractivity contribution in [1.29, 1.82) is 0 Å². The van der Waals surface area contributed by atoms with Crippen LogP contribution in [-0.4, -0.2) is 4.98 Å². The molecule has 1 aromatic carbocycles. The van der Waals surface area contributed by atoms with Crippen molar-refractivity contribution >= 4 is 50.0 Å².